The maximum absolute atomic E-state index is 12.8. The minimum Gasteiger partial charge on any atom is -0.381 e. The van der Waals surface area contributed by atoms with Crippen molar-refractivity contribution >= 4 is 28.6 Å². The molecule has 2 aromatic heterocycles. The number of carbonyl (C=O) groups excluding carboxylic acids is 1. The highest BCUT2D eigenvalue weighted by atomic mass is 16.5. The highest BCUT2D eigenvalue weighted by Crippen LogP contribution is 2.25. The standard InChI is InChI=1S/C20H23N5O3/c1-12-10-14(13(2)26)4-5-16(12)22-19-21-11-17-18(23-19)25(20(27)24(17)3)15-6-8-28-9-7-15/h4-5,10-11,15H,6-9H2,1-3H3,(H,21,22,23)/i2D3. The average Bonchev–Trinajstić information content (AvgIpc) is 2.98. The van der Waals surface area contributed by atoms with Gasteiger partial charge in [0, 0.05) is 41.7 Å². The Hall–Kier alpha value is -3.00. The summed E-state index contributed by atoms with van der Waals surface area (Å²) in [5.74, 6) is -0.596. The van der Waals surface area contributed by atoms with Crippen LogP contribution in [0.15, 0.2) is 29.2 Å². The van der Waals surface area contributed by atoms with E-state index in [2.05, 4.69) is 15.3 Å². The molecule has 0 saturated carbocycles. The maximum atomic E-state index is 12.8. The Kier molecular flexibility index (Phi) is 3.85. The van der Waals surface area contributed by atoms with Crippen LogP contribution in [0, 0.1) is 6.92 Å². The van der Waals surface area contributed by atoms with Crippen LogP contribution in [0.2, 0.25) is 0 Å². The van der Waals surface area contributed by atoms with Crippen molar-refractivity contribution in [1.29, 1.82) is 0 Å². The topological polar surface area (TPSA) is 91.0 Å². The Balaban J connectivity index is 1.68. The van der Waals surface area contributed by atoms with E-state index in [1.54, 1.807) is 30.8 Å². The Labute approximate surface area is 166 Å². The summed E-state index contributed by atoms with van der Waals surface area (Å²) in [4.78, 5) is 33.7. The van der Waals surface area contributed by atoms with Gasteiger partial charge in [-0.2, -0.15) is 4.98 Å². The second-order valence-corrected chi connectivity index (χ2v) is 6.94. The van der Waals surface area contributed by atoms with Gasteiger partial charge in [-0.3, -0.25) is 13.9 Å². The summed E-state index contributed by atoms with van der Waals surface area (Å²) in [6.45, 7) is 0.280. The molecular formula is C20H23N5O3. The monoisotopic (exact) mass is 384 g/mol. The minimum atomic E-state index is -2.68. The van der Waals surface area contributed by atoms with Gasteiger partial charge in [0.2, 0.25) is 5.95 Å². The van der Waals surface area contributed by atoms with Crippen LogP contribution in [0.3, 0.4) is 0 Å². The number of anilines is 2. The van der Waals surface area contributed by atoms with Crippen molar-refractivity contribution in [2.45, 2.75) is 32.7 Å². The summed E-state index contributed by atoms with van der Waals surface area (Å²) in [7, 11) is 1.70. The molecule has 28 heavy (non-hydrogen) atoms. The first-order chi connectivity index (χ1) is 14.7. The molecule has 0 aliphatic carbocycles. The summed E-state index contributed by atoms with van der Waals surface area (Å²) >= 11 is 0. The lowest BCUT2D eigenvalue weighted by molar-refractivity contribution is 0.0695. The average molecular weight is 384 g/mol. The highest BCUT2D eigenvalue weighted by molar-refractivity contribution is 5.94. The van der Waals surface area contributed by atoms with Gasteiger partial charge in [-0.1, -0.05) is 0 Å². The molecule has 0 unspecified atom stereocenters. The van der Waals surface area contributed by atoms with E-state index in [9.17, 15) is 9.59 Å². The fraction of sp³-hybridized carbons (Fsp3) is 0.400. The lowest BCUT2D eigenvalue weighted by Crippen LogP contribution is -2.30. The number of fused-ring (bicyclic) bond motifs is 1. The van der Waals surface area contributed by atoms with Gasteiger partial charge < -0.3 is 10.1 Å². The van der Waals surface area contributed by atoms with Crippen LogP contribution in [0.1, 0.15) is 45.8 Å². The number of hydrogen-bond acceptors (Lipinski definition) is 6. The van der Waals surface area contributed by atoms with Crippen LogP contribution in [0.5, 0.6) is 0 Å². The van der Waals surface area contributed by atoms with Gasteiger partial charge in [0.25, 0.3) is 0 Å². The summed E-state index contributed by atoms with van der Waals surface area (Å²) in [5, 5.41) is 3.10. The van der Waals surface area contributed by atoms with E-state index in [4.69, 9.17) is 8.85 Å². The van der Waals surface area contributed by atoms with Gasteiger partial charge in [0.05, 0.1) is 6.20 Å². The predicted octanol–water partition coefficient (Wildman–Crippen LogP) is 2.74. The molecule has 1 aromatic carbocycles. The van der Waals surface area contributed by atoms with Crippen molar-refractivity contribution in [3.8, 4) is 0 Å². The molecule has 8 heteroatoms. The number of nitrogens with one attached hydrogen (secondary N) is 1. The third-order valence-corrected chi connectivity index (χ3v) is 5.12. The SMILES string of the molecule is [2H]C([2H])([2H])C(=O)c1ccc(Nc2ncc3c(n2)n(C2CCOCC2)c(=O)n3C)c(C)c1. The molecule has 3 heterocycles. The van der Waals surface area contributed by atoms with E-state index in [0.717, 1.165) is 12.8 Å². The number of ether oxygens (including phenoxy) is 1. The summed E-state index contributed by atoms with van der Waals surface area (Å²) in [6, 6.07) is 4.62. The fourth-order valence-corrected chi connectivity index (χ4v) is 3.53. The molecule has 146 valence electrons. The molecule has 0 atom stereocenters. The molecule has 0 bridgehead atoms. The molecule has 8 nitrogen and oxygen atoms in total. The number of Topliss-reactive ketones (excluding diaryl/α,β-unsaturated/α-hetero) is 1. The van der Waals surface area contributed by atoms with E-state index in [-0.39, 0.29) is 17.3 Å². The van der Waals surface area contributed by atoms with Crippen molar-refractivity contribution in [2.24, 2.45) is 7.05 Å². The van der Waals surface area contributed by atoms with Gasteiger partial charge in [-0.05, 0) is 50.4 Å². The zero-order chi connectivity index (χ0) is 22.3. The van der Waals surface area contributed by atoms with E-state index in [1.807, 2.05) is 0 Å². The van der Waals surface area contributed by atoms with Gasteiger partial charge in [-0.25, -0.2) is 9.78 Å². The third kappa shape index (κ3) is 3.20. The lowest BCUT2D eigenvalue weighted by atomic mass is 10.1. The van der Waals surface area contributed by atoms with E-state index >= 15 is 0 Å². The van der Waals surface area contributed by atoms with E-state index in [1.165, 1.54) is 16.7 Å². The molecule has 4 rings (SSSR count). The first kappa shape index (κ1) is 15.0. The smallest absolute Gasteiger partial charge is 0.330 e. The van der Waals surface area contributed by atoms with Crippen molar-refractivity contribution < 1.29 is 13.6 Å². The molecule has 1 saturated heterocycles. The van der Waals surface area contributed by atoms with Crippen LogP contribution < -0.4 is 11.0 Å². The normalized spacial score (nSPS) is 17.1. The van der Waals surface area contributed by atoms with Crippen LogP contribution in [-0.2, 0) is 11.8 Å². The number of aryl methyl sites for hydroxylation is 2. The molecule has 1 N–H and O–H groups in total. The number of imidazole rings is 1. The number of nitrogens with zero attached hydrogens (tertiary/aromatic N) is 4. The third-order valence-electron chi connectivity index (χ3n) is 5.12. The molecule has 0 spiro atoms. The number of rotatable bonds is 4. The van der Waals surface area contributed by atoms with E-state index < -0.39 is 12.6 Å². The van der Waals surface area contributed by atoms with Crippen molar-refractivity contribution in [3.05, 3.63) is 46.0 Å². The Morgan fingerprint density at radius 3 is 2.86 bits per heavy atom. The quantitative estimate of drug-likeness (QED) is 0.696. The molecule has 1 aliphatic rings. The molecule has 0 amide bonds. The molecule has 0 radical (unpaired) electrons. The van der Waals surface area contributed by atoms with Crippen LogP contribution in [-0.4, -0.2) is 38.1 Å². The first-order valence-corrected chi connectivity index (χ1v) is 9.11. The predicted molar refractivity (Wildman–Crippen MR) is 106 cm³/mol. The van der Waals surface area contributed by atoms with Gasteiger partial charge in [-0.15, -0.1) is 0 Å². The molecule has 1 aliphatic heterocycles. The van der Waals surface area contributed by atoms with Crippen molar-refractivity contribution in [3.63, 3.8) is 0 Å². The number of hydrogen-bond donors (Lipinski definition) is 1. The highest BCUT2D eigenvalue weighted by Gasteiger charge is 2.23. The molecule has 1 fully saturated rings. The Morgan fingerprint density at radius 1 is 1.36 bits per heavy atom. The Bertz CT molecular complexity index is 1210. The van der Waals surface area contributed by atoms with Gasteiger partial charge in [0.15, 0.2) is 11.4 Å². The van der Waals surface area contributed by atoms with Crippen molar-refractivity contribution in [2.75, 3.05) is 18.5 Å². The summed E-state index contributed by atoms with van der Waals surface area (Å²) in [6.07, 6.45) is 3.08. The second kappa shape index (κ2) is 7.20. The van der Waals surface area contributed by atoms with Gasteiger partial charge in [0.1, 0.15) is 5.52 Å². The zero-order valence-electron chi connectivity index (χ0n) is 18.7. The lowest BCUT2D eigenvalue weighted by Gasteiger charge is -2.22. The maximum Gasteiger partial charge on any atom is 0.330 e. The zero-order valence-corrected chi connectivity index (χ0v) is 15.7. The second-order valence-electron chi connectivity index (χ2n) is 6.94. The number of aromatic nitrogens is 4. The van der Waals surface area contributed by atoms with Gasteiger partial charge >= 0.3 is 5.69 Å². The number of carbonyl (C=O) groups is 1. The van der Waals surface area contributed by atoms with Crippen molar-refractivity contribution in [1.82, 2.24) is 19.1 Å². The number of benzene rings is 1. The van der Waals surface area contributed by atoms with Crippen LogP contribution in [0.4, 0.5) is 11.6 Å². The fourth-order valence-electron chi connectivity index (χ4n) is 3.53. The first-order valence-electron chi connectivity index (χ1n) is 10.6. The molecule has 3 aromatic rings. The largest absolute Gasteiger partial charge is 0.381 e. The summed E-state index contributed by atoms with van der Waals surface area (Å²) in [5.41, 5.74) is 2.47. The summed E-state index contributed by atoms with van der Waals surface area (Å²) < 4.78 is 30.5. The van der Waals surface area contributed by atoms with Crippen LogP contribution >= 0.6 is 0 Å². The number of ketones is 1. The van der Waals surface area contributed by atoms with Crippen LogP contribution in [0.25, 0.3) is 11.2 Å². The van der Waals surface area contributed by atoms with E-state index in [0.29, 0.717) is 41.6 Å². The molecular weight excluding hydrogens is 358 g/mol. The minimum absolute atomic E-state index is 0.0135. The Morgan fingerprint density at radius 2 is 2.14 bits per heavy atom.